The number of pyridine rings is 1. The summed E-state index contributed by atoms with van der Waals surface area (Å²) in [6, 6.07) is 1.98. The Morgan fingerprint density at radius 2 is 2.29 bits per heavy atom. The molecule has 5 nitrogen and oxygen atoms in total. The largest absolute Gasteiger partial charge is 0.397 e. The van der Waals surface area contributed by atoms with Crippen molar-refractivity contribution in [2.24, 2.45) is 5.73 Å². The molecule has 0 aliphatic heterocycles. The molecule has 1 saturated carbocycles. The summed E-state index contributed by atoms with van der Waals surface area (Å²) in [5.41, 5.74) is 11.5. The second kappa shape index (κ2) is 3.17. The number of aromatic nitrogens is 1. The topological polar surface area (TPSA) is 94.0 Å². The average molecular weight is 192 g/mol. The van der Waals surface area contributed by atoms with Gasteiger partial charge in [0.25, 0.3) is 5.91 Å². The first-order valence-electron chi connectivity index (χ1n) is 4.48. The van der Waals surface area contributed by atoms with E-state index < -0.39 is 5.91 Å². The first-order chi connectivity index (χ1) is 6.66. The van der Waals surface area contributed by atoms with Crippen LogP contribution in [0.25, 0.3) is 0 Å². The lowest BCUT2D eigenvalue weighted by Crippen LogP contribution is -2.16. The van der Waals surface area contributed by atoms with Crippen molar-refractivity contribution >= 4 is 17.4 Å². The predicted molar refractivity (Wildman–Crippen MR) is 53.8 cm³/mol. The van der Waals surface area contributed by atoms with Crippen molar-refractivity contribution in [2.45, 2.75) is 18.9 Å². The van der Waals surface area contributed by atoms with Crippen molar-refractivity contribution in [1.82, 2.24) is 4.98 Å². The lowest BCUT2D eigenvalue weighted by atomic mass is 10.2. The maximum atomic E-state index is 11.1. The van der Waals surface area contributed by atoms with Crippen LogP contribution in [0, 0.1) is 0 Å². The molecule has 0 spiro atoms. The van der Waals surface area contributed by atoms with Gasteiger partial charge in [-0.3, -0.25) is 4.79 Å². The number of nitrogens with one attached hydrogen (secondary N) is 1. The molecule has 1 aliphatic rings. The first kappa shape index (κ1) is 8.80. The van der Waals surface area contributed by atoms with Gasteiger partial charge in [-0.05, 0) is 18.9 Å². The molecule has 0 aromatic carbocycles. The SMILES string of the molecule is NC(=O)c1cc(N)cnc1NC1CC1. The van der Waals surface area contributed by atoms with Crippen LogP contribution in [0.2, 0.25) is 0 Å². The third kappa shape index (κ3) is 1.76. The minimum absolute atomic E-state index is 0.358. The average Bonchev–Trinajstić information content (AvgIpc) is 2.91. The third-order valence-corrected chi connectivity index (χ3v) is 2.09. The minimum atomic E-state index is -0.507. The zero-order valence-electron chi connectivity index (χ0n) is 7.66. The second-order valence-corrected chi connectivity index (χ2v) is 3.45. The van der Waals surface area contributed by atoms with Gasteiger partial charge in [0.05, 0.1) is 17.4 Å². The Balaban J connectivity index is 2.31. The summed E-state index contributed by atoms with van der Waals surface area (Å²) in [5, 5.41) is 3.13. The molecule has 0 unspecified atom stereocenters. The summed E-state index contributed by atoms with van der Waals surface area (Å²) in [4.78, 5) is 15.1. The van der Waals surface area contributed by atoms with Crippen LogP contribution in [0.4, 0.5) is 11.5 Å². The highest BCUT2D eigenvalue weighted by molar-refractivity contribution is 5.98. The van der Waals surface area contributed by atoms with Gasteiger partial charge in [0, 0.05) is 6.04 Å². The fourth-order valence-corrected chi connectivity index (χ4v) is 1.20. The number of nitrogen functional groups attached to an aromatic ring is 1. The van der Waals surface area contributed by atoms with Crippen LogP contribution in [0.15, 0.2) is 12.3 Å². The Kier molecular flexibility index (Phi) is 1.99. The molecule has 0 radical (unpaired) electrons. The molecule has 1 aromatic rings. The number of carbonyl (C=O) groups excluding carboxylic acids is 1. The Hall–Kier alpha value is -1.78. The fourth-order valence-electron chi connectivity index (χ4n) is 1.20. The quantitative estimate of drug-likeness (QED) is 0.643. The van der Waals surface area contributed by atoms with E-state index in [0.717, 1.165) is 12.8 Å². The number of rotatable bonds is 3. The van der Waals surface area contributed by atoms with Crippen molar-refractivity contribution in [2.75, 3.05) is 11.1 Å². The Bertz CT molecular complexity index is 373. The molecule has 1 amide bonds. The summed E-state index contributed by atoms with van der Waals surface area (Å²) >= 11 is 0. The summed E-state index contributed by atoms with van der Waals surface area (Å²) in [7, 11) is 0. The number of nitrogens with zero attached hydrogens (tertiary/aromatic N) is 1. The van der Waals surface area contributed by atoms with Crippen molar-refractivity contribution < 1.29 is 4.79 Å². The van der Waals surface area contributed by atoms with Crippen LogP contribution >= 0.6 is 0 Å². The van der Waals surface area contributed by atoms with Gasteiger partial charge in [0.2, 0.25) is 0 Å². The number of carbonyl (C=O) groups is 1. The van der Waals surface area contributed by atoms with E-state index in [-0.39, 0.29) is 0 Å². The number of hydrogen-bond acceptors (Lipinski definition) is 4. The maximum Gasteiger partial charge on any atom is 0.252 e. The van der Waals surface area contributed by atoms with Gasteiger partial charge in [-0.15, -0.1) is 0 Å². The lowest BCUT2D eigenvalue weighted by Gasteiger charge is -2.07. The molecule has 1 aromatic heterocycles. The molecular weight excluding hydrogens is 180 g/mol. The summed E-state index contributed by atoms with van der Waals surface area (Å²) in [6.07, 6.45) is 3.74. The molecule has 1 fully saturated rings. The van der Waals surface area contributed by atoms with Gasteiger partial charge in [-0.2, -0.15) is 0 Å². The molecule has 2 rings (SSSR count). The third-order valence-electron chi connectivity index (χ3n) is 2.09. The van der Waals surface area contributed by atoms with Crippen LogP contribution < -0.4 is 16.8 Å². The summed E-state index contributed by atoms with van der Waals surface area (Å²) in [6.45, 7) is 0. The highest BCUT2D eigenvalue weighted by Crippen LogP contribution is 2.25. The fraction of sp³-hybridized carbons (Fsp3) is 0.333. The molecule has 1 aliphatic carbocycles. The van der Waals surface area contributed by atoms with E-state index in [1.54, 1.807) is 6.07 Å². The van der Waals surface area contributed by atoms with E-state index in [1.165, 1.54) is 6.20 Å². The van der Waals surface area contributed by atoms with E-state index in [0.29, 0.717) is 23.1 Å². The molecule has 5 heteroatoms. The van der Waals surface area contributed by atoms with Crippen LogP contribution in [0.5, 0.6) is 0 Å². The molecule has 74 valence electrons. The van der Waals surface area contributed by atoms with E-state index >= 15 is 0 Å². The minimum Gasteiger partial charge on any atom is -0.397 e. The second-order valence-electron chi connectivity index (χ2n) is 3.45. The number of anilines is 2. The van der Waals surface area contributed by atoms with Gasteiger partial charge in [0.1, 0.15) is 5.82 Å². The van der Waals surface area contributed by atoms with Crippen molar-refractivity contribution in [3.63, 3.8) is 0 Å². The molecule has 0 bridgehead atoms. The molecule has 1 heterocycles. The smallest absolute Gasteiger partial charge is 0.252 e. The molecule has 0 saturated heterocycles. The van der Waals surface area contributed by atoms with Crippen molar-refractivity contribution in [3.05, 3.63) is 17.8 Å². The number of hydrogen-bond donors (Lipinski definition) is 3. The monoisotopic (exact) mass is 192 g/mol. The zero-order chi connectivity index (χ0) is 10.1. The van der Waals surface area contributed by atoms with Crippen molar-refractivity contribution in [3.8, 4) is 0 Å². The molecule has 5 N–H and O–H groups in total. The van der Waals surface area contributed by atoms with Gasteiger partial charge in [-0.25, -0.2) is 4.98 Å². The van der Waals surface area contributed by atoms with E-state index in [1.807, 2.05) is 0 Å². The summed E-state index contributed by atoms with van der Waals surface area (Å²) in [5.74, 6) is 0.0298. The van der Waals surface area contributed by atoms with Crippen LogP contribution in [-0.2, 0) is 0 Å². The number of nitrogens with two attached hydrogens (primary N) is 2. The Morgan fingerprint density at radius 1 is 1.57 bits per heavy atom. The van der Waals surface area contributed by atoms with E-state index in [2.05, 4.69) is 10.3 Å². The summed E-state index contributed by atoms with van der Waals surface area (Å²) < 4.78 is 0. The van der Waals surface area contributed by atoms with Gasteiger partial charge >= 0.3 is 0 Å². The van der Waals surface area contributed by atoms with Crippen LogP contribution in [-0.4, -0.2) is 16.9 Å². The number of primary amides is 1. The highest BCUT2D eigenvalue weighted by Gasteiger charge is 2.23. The predicted octanol–water partition coefficient (Wildman–Crippen LogP) is 0.337. The first-order valence-corrected chi connectivity index (χ1v) is 4.48. The molecular formula is C9H12N4O. The van der Waals surface area contributed by atoms with E-state index in [9.17, 15) is 4.79 Å². The van der Waals surface area contributed by atoms with Crippen LogP contribution in [0.1, 0.15) is 23.2 Å². The van der Waals surface area contributed by atoms with Crippen molar-refractivity contribution in [1.29, 1.82) is 0 Å². The maximum absolute atomic E-state index is 11.1. The normalized spacial score (nSPS) is 15.1. The Morgan fingerprint density at radius 3 is 2.86 bits per heavy atom. The lowest BCUT2D eigenvalue weighted by molar-refractivity contribution is 0.100. The Labute approximate surface area is 81.5 Å². The number of amides is 1. The highest BCUT2D eigenvalue weighted by atomic mass is 16.1. The van der Waals surface area contributed by atoms with Gasteiger partial charge < -0.3 is 16.8 Å². The van der Waals surface area contributed by atoms with Crippen LogP contribution in [0.3, 0.4) is 0 Å². The van der Waals surface area contributed by atoms with Gasteiger partial charge in [-0.1, -0.05) is 0 Å². The standard InChI is InChI=1S/C9H12N4O/c10-5-3-7(8(11)14)9(12-4-5)13-6-1-2-6/h3-4,6H,1-2,10H2,(H2,11,14)(H,12,13). The molecule has 14 heavy (non-hydrogen) atoms. The molecule has 0 atom stereocenters. The zero-order valence-corrected chi connectivity index (χ0v) is 7.66. The van der Waals surface area contributed by atoms with E-state index in [4.69, 9.17) is 11.5 Å². The van der Waals surface area contributed by atoms with Gasteiger partial charge in [0.15, 0.2) is 0 Å².